The molecule has 0 saturated heterocycles. The van der Waals surface area contributed by atoms with Gasteiger partial charge in [0.15, 0.2) is 0 Å². The average Bonchev–Trinajstić information content (AvgIpc) is 2.94. The molecular weight excluding hydrogens is 285 g/mol. The van der Waals surface area contributed by atoms with Gasteiger partial charge in [-0.2, -0.15) is 0 Å². The number of fused-ring (bicyclic) bond motifs is 1. The summed E-state index contributed by atoms with van der Waals surface area (Å²) >= 11 is 0. The summed E-state index contributed by atoms with van der Waals surface area (Å²) in [6, 6.07) is 10.1. The van der Waals surface area contributed by atoms with Gasteiger partial charge in [-0.15, -0.1) is 0 Å². The van der Waals surface area contributed by atoms with Crippen LogP contribution in [-0.4, -0.2) is 27.7 Å². The Hall–Kier alpha value is -2.60. The molecule has 3 aromatic rings. The molecule has 0 atom stereocenters. The van der Waals surface area contributed by atoms with Crippen LogP contribution in [0.5, 0.6) is 5.75 Å². The van der Waals surface area contributed by atoms with E-state index in [-0.39, 0.29) is 19.0 Å². The Morgan fingerprint density at radius 1 is 1.27 bits per heavy atom. The van der Waals surface area contributed by atoms with Crippen molar-refractivity contribution in [3.63, 3.8) is 0 Å². The summed E-state index contributed by atoms with van der Waals surface area (Å²) in [7, 11) is 0. The predicted octanol–water partition coefficient (Wildman–Crippen LogP) is 2.46. The quantitative estimate of drug-likeness (QED) is 0.734. The van der Waals surface area contributed by atoms with Crippen molar-refractivity contribution in [3.05, 3.63) is 60.3 Å². The van der Waals surface area contributed by atoms with Gasteiger partial charge in [0.1, 0.15) is 23.8 Å². The summed E-state index contributed by atoms with van der Waals surface area (Å²) in [4.78, 5) is 4.48. The normalized spacial score (nSPS) is 10.8. The number of hydrogen-bond acceptors (Lipinski definition) is 4. The van der Waals surface area contributed by atoms with Crippen molar-refractivity contribution in [2.45, 2.75) is 6.54 Å². The SMILES string of the molecule is OCCOc1cc(F)ccc1NCc1cn2ccccc2n1. The lowest BCUT2D eigenvalue weighted by atomic mass is 10.2. The molecule has 0 unspecified atom stereocenters. The standard InChI is InChI=1S/C16H16FN3O2/c17-12-4-5-14(15(9-12)22-8-7-21)18-10-13-11-20-6-2-1-3-16(20)19-13/h1-6,9,11,18,21H,7-8,10H2. The number of halogens is 1. The first kappa shape index (κ1) is 14.3. The fourth-order valence-electron chi connectivity index (χ4n) is 2.18. The molecule has 0 spiro atoms. The lowest BCUT2D eigenvalue weighted by Gasteiger charge is -2.12. The second kappa shape index (κ2) is 6.44. The van der Waals surface area contributed by atoms with E-state index in [2.05, 4.69) is 10.3 Å². The van der Waals surface area contributed by atoms with E-state index < -0.39 is 0 Å². The molecule has 0 radical (unpaired) electrons. The fourth-order valence-corrected chi connectivity index (χ4v) is 2.18. The van der Waals surface area contributed by atoms with E-state index in [0.717, 1.165) is 11.3 Å². The van der Waals surface area contributed by atoms with Gasteiger partial charge < -0.3 is 19.6 Å². The van der Waals surface area contributed by atoms with Gasteiger partial charge in [0.2, 0.25) is 0 Å². The van der Waals surface area contributed by atoms with Gasteiger partial charge in [0, 0.05) is 18.5 Å². The third-order valence-corrected chi connectivity index (χ3v) is 3.17. The molecule has 0 aliphatic heterocycles. The van der Waals surface area contributed by atoms with E-state index in [1.54, 1.807) is 6.07 Å². The number of ether oxygens (including phenoxy) is 1. The maximum atomic E-state index is 13.3. The van der Waals surface area contributed by atoms with Crippen molar-refractivity contribution in [3.8, 4) is 5.75 Å². The van der Waals surface area contributed by atoms with Crippen LogP contribution >= 0.6 is 0 Å². The third kappa shape index (κ3) is 3.17. The Balaban J connectivity index is 1.75. The van der Waals surface area contributed by atoms with Gasteiger partial charge in [-0.05, 0) is 24.3 Å². The number of hydrogen-bond donors (Lipinski definition) is 2. The van der Waals surface area contributed by atoms with Gasteiger partial charge in [-0.25, -0.2) is 9.37 Å². The molecular formula is C16H16FN3O2. The van der Waals surface area contributed by atoms with Crippen LogP contribution < -0.4 is 10.1 Å². The fraction of sp³-hybridized carbons (Fsp3) is 0.188. The average molecular weight is 301 g/mol. The molecule has 2 aromatic heterocycles. The number of aromatic nitrogens is 2. The lowest BCUT2D eigenvalue weighted by molar-refractivity contribution is 0.201. The number of rotatable bonds is 6. The minimum atomic E-state index is -0.383. The molecule has 0 amide bonds. The lowest BCUT2D eigenvalue weighted by Crippen LogP contribution is -2.06. The molecule has 0 saturated carbocycles. The van der Waals surface area contributed by atoms with Crippen LogP contribution in [0.15, 0.2) is 48.8 Å². The summed E-state index contributed by atoms with van der Waals surface area (Å²) < 4.78 is 20.6. The van der Waals surface area contributed by atoms with Gasteiger partial charge >= 0.3 is 0 Å². The van der Waals surface area contributed by atoms with Gasteiger partial charge in [0.05, 0.1) is 24.5 Å². The Morgan fingerprint density at radius 2 is 2.18 bits per heavy atom. The molecule has 0 fully saturated rings. The maximum absolute atomic E-state index is 13.3. The Morgan fingerprint density at radius 3 is 3.00 bits per heavy atom. The summed E-state index contributed by atoms with van der Waals surface area (Å²) in [6.45, 7) is 0.484. The highest BCUT2D eigenvalue weighted by Gasteiger charge is 2.07. The number of anilines is 1. The van der Waals surface area contributed by atoms with Crippen LogP contribution in [0.1, 0.15) is 5.69 Å². The topological polar surface area (TPSA) is 58.8 Å². The molecule has 5 nitrogen and oxygen atoms in total. The van der Waals surface area contributed by atoms with Crippen LogP contribution in [0.2, 0.25) is 0 Å². The van der Waals surface area contributed by atoms with E-state index in [0.29, 0.717) is 18.0 Å². The first-order valence-corrected chi connectivity index (χ1v) is 6.96. The van der Waals surface area contributed by atoms with E-state index in [1.165, 1.54) is 12.1 Å². The monoisotopic (exact) mass is 301 g/mol. The predicted molar refractivity (Wildman–Crippen MR) is 81.5 cm³/mol. The van der Waals surface area contributed by atoms with Crippen molar-refractivity contribution in [1.29, 1.82) is 0 Å². The van der Waals surface area contributed by atoms with Crippen molar-refractivity contribution >= 4 is 11.3 Å². The Labute approximate surface area is 127 Å². The summed E-state index contributed by atoms with van der Waals surface area (Å²) in [5.41, 5.74) is 2.39. The number of imidazole rings is 1. The molecule has 0 bridgehead atoms. The number of aliphatic hydroxyl groups excluding tert-OH is 1. The van der Waals surface area contributed by atoms with Crippen LogP contribution in [0.25, 0.3) is 5.65 Å². The molecule has 114 valence electrons. The van der Waals surface area contributed by atoms with E-state index in [4.69, 9.17) is 9.84 Å². The van der Waals surface area contributed by atoms with Crippen LogP contribution in [0.4, 0.5) is 10.1 Å². The first-order valence-electron chi connectivity index (χ1n) is 6.96. The highest BCUT2D eigenvalue weighted by Crippen LogP contribution is 2.26. The van der Waals surface area contributed by atoms with Crippen LogP contribution in [0, 0.1) is 5.82 Å². The zero-order valence-corrected chi connectivity index (χ0v) is 11.9. The minimum absolute atomic E-state index is 0.118. The van der Waals surface area contributed by atoms with E-state index >= 15 is 0 Å². The third-order valence-electron chi connectivity index (χ3n) is 3.17. The van der Waals surface area contributed by atoms with Crippen LogP contribution in [-0.2, 0) is 6.54 Å². The molecule has 2 heterocycles. The van der Waals surface area contributed by atoms with E-state index in [9.17, 15) is 4.39 Å². The molecule has 0 aliphatic rings. The molecule has 0 aliphatic carbocycles. The Kier molecular flexibility index (Phi) is 4.20. The van der Waals surface area contributed by atoms with Crippen LogP contribution in [0.3, 0.4) is 0 Å². The van der Waals surface area contributed by atoms with Gasteiger partial charge in [-0.3, -0.25) is 0 Å². The highest BCUT2D eigenvalue weighted by molar-refractivity contribution is 5.56. The second-order valence-electron chi connectivity index (χ2n) is 4.76. The molecule has 1 aromatic carbocycles. The summed E-state index contributed by atoms with van der Waals surface area (Å²) in [6.07, 6.45) is 3.86. The van der Waals surface area contributed by atoms with Crippen molar-refractivity contribution in [2.75, 3.05) is 18.5 Å². The molecule has 22 heavy (non-hydrogen) atoms. The molecule has 2 N–H and O–H groups in total. The second-order valence-corrected chi connectivity index (χ2v) is 4.76. The molecule has 3 rings (SSSR count). The van der Waals surface area contributed by atoms with Crippen molar-refractivity contribution in [2.24, 2.45) is 0 Å². The first-order chi connectivity index (χ1) is 10.8. The highest BCUT2D eigenvalue weighted by atomic mass is 19.1. The van der Waals surface area contributed by atoms with Crippen molar-refractivity contribution in [1.82, 2.24) is 9.38 Å². The number of benzene rings is 1. The summed E-state index contributed by atoms with van der Waals surface area (Å²) in [5.74, 6) is -0.0102. The number of nitrogens with one attached hydrogen (secondary N) is 1. The minimum Gasteiger partial charge on any atom is -0.489 e. The number of pyridine rings is 1. The number of nitrogens with zero attached hydrogens (tertiary/aromatic N) is 2. The summed E-state index contributed by atoms with van der Waals surface area (Å²) in [5, 5.41) is 12.0. The van der Waals surface area contributed by atoms with Crippen molar-refractivity contribution < 1.29 is 14.2 Å². The zero-order valence-electron chi connectivity index (χ0n) is 11.9. The number of aliphatic hydroxyl groups is 1. The Bertz CT molecular complexity index is 740. The zero-order chi connectivity index (χ0) is 15.4. The largest absolute Gasteiger partial charge is 0.489 e. The maximum Gasteiger partial charge on any atom is 0.145 e. The molecule has 6 heteroatoms. The van der Waals surface area contributed by atoms with Gasteiger partial charge in [-0.1, -0.05) is 6.07 Å². The smallest absolute Gasteiger partial charge is 0.145 e. The van der Waals surface area contributed by atoms with Gasteiger partial charge in [0.25, 0.3) is 0 Å². The van der Waals surface area contributed by atoms with E-state index in [1.807, 2.05) is 35.0 Å².